The van der Waals surface area contributed by atoms with E-state index in [2.05, 4.69) is 32.1 Å². The first kappa shape index (κ1) is 67.3. The van der Waals surface area contributed by atoms with Crippen LogP contribution in [0, 0.1) is 0 Å². The van der Waals surface area contributed by atoms with Crippen LogP contribution in [0.1, 0.15) is 271 Å². The summed E-state index contributed by atoms with van der Waals surface area (Å²) < 4.78 is 33.7. The zero-order valence-electron chi connectivity index (χ0n) is 45.0. The van der Waals surface area contributed by atoms with Gasteiger partial charge >= 0.3 is 19.8 Å². The number of aliphatic hydroxyl groups excluding tert-OH is 5. The Hall–Kier alpha value is -1.67. The topological polar surface area (TPSA) is 210 Å². The summed E-state index contributed by atoms with van der Waals surface area (Å²) in [6.45, 7) is 3.34. The van der Waals surface area contributed by atoms with Crippen molar-refractivity contribution in [3.05, 3.63) is 24.3 Å². The summed E-state index contributed by atoms with van der Waals surface area (Å²) in [5.74, 6) is -1.13. The Morgan fingerprint density at radius 3 is 1.15 bits per heavy atom. The lowest BCUT2D eigenvalue weighted by Crippen LogP contribution is -2.64. The maximum absolute atomic E-state index is 12.9. The molecule has 6 unspecified atom stereocenters. The fourth-order valence-electron chi connectivity index (χ4n) is 9.13. The molecule has 0 heterocycles. The van der Waals surface area contributed by atoms with Gasteiger partial charge in [0, 0.05) is 12.8 Å². The Morgan fingerprint density at radius 1 is 0.423 bits per heavy atom. The molecule has 418 valence electrons. The minimum absolute atomic E-state index is 0.0408. The van der Waals surface area contributed by atoms with Crippen molar-refractivity contribution in [2.24, 2.45) is 0 Å². The van der Waals surface area contributed by atoms with E-state index in [0.29, 0.717) is 19.3 Å². The van der Waals surface area contributed by atoms with Gasteiger partial charge in [-0.2, -0.15) is 0 Å². The maximum Gasteiger partial charge on any atom is 0.472 e. The van der Waals surface area contributed by atoms with Gasteiger partial charge in [-0.3, -0.25) is 18.6 Å². The summed E-state index contributed by atoms with van der Waals surface area (Å²) >= 11 is 0. The molecule has 6 N–H and O–H groups in total. The second-order valence-electron chi connectivity index (χ2n) is 20.5. The number of carbonyl (C=O) groups excluding carboxylic acids is 2. The lowest BCUT2D eigenvalue weighted by molar-refractivity contribution is -0.220. The van der Waals surface area contributed by atoms with E-state index < -0.39 is 75.7 Å². The molecule has 0 aromatic carbocycles. The molecular formula is C57H107O13P. The van der Waals surface area contributed by atoms with E-state index in [4.69, 9.17) is 18.5 Å². The van der Waals surface area contributed by atoms with E-state index in [9.17, 15) is 44.6 Å². The van der Waals surface area contributed by atoms with E-state index in [0.717, 1.165) is 38.5 Å². The molecule has 0 bridgehead atoms. The van der Waals surface area contributed by atoms with Gasteiger partial charge in [-0.1, -0.05) is 237 Å². The minimum Gasteiger partial charge on any atom is -0.462 e. The van der Waals surface area contributed by atoms with Crippen LogP contribution in [0.5, 0.6) is 0 Å². The number of phosphoric acid groups is 1. The monoisotopic (exact) mass is 1030 g/mol. The molecule has 0 saturated heterocycles. The van der Waals surface area contributed by atoms with Gasteiger partial charge in [-0.25, -0.2) is 4.57 Å². The van der Waals surface area contributed by atoms with Crippen LogP contribution in [0.2, 0.25) is 0 Å². The van der Waals surface area contributed by atoms with Gasteiger partial charge in [0.15, 0.2) is 6.10 Å². The number of allylic oxidation sites excluding steroid dienone is 4. The Labute approximate surface area is 432 Å². The molecule has 0 aromatic rings. The van der Waals surface area contributed by atoms with Crippen molar-refractivity contribution >= 4 is 19.8 Å². The second-order valence-corrected chi connectivity index (χ2v) is 21.9. The summed E-state index contributed by atoms with van der Waals surface area (Å²) in [5, 5.41) is 50.4. The van der Waals surface area contributed by atoms with Crippen molar-refractivity contribution < 1.29 is 63.1 Å². The number of rotatable bonds is 50. The predicted octanol–water partition coefficient (Wildman–Crippen LogP) is 13.5. The summed E-state index contributed by atoms with van der Waals surface area (Å²) in [4.78, 5) is 35.9. The summed E-state index contributed by atoms with van der Waals surface area (Å²) in [6.07, 6.45) is 42.4. The normalized spacial score (nSPS) is 20.7. The van der Waals surface area contributed by atoms with Crippen molar-refractivity contribution in [3.8, 4) is 0 Å². The standard InChI is InChI=1S/C57H107O13P/c1-3-5-7-9-11-13-15-17-19-21-23-24-25-26-28-30-32-34-36-38-40-42-44-46-51(59)69-49(48-68-71(65,66)70-57-55(63)53(61)52(60)54(62)56(57)64)47-67-50(58)45-43-41-39-37-35-33-31-29-27-22-20-18-16-14-12-10-8-6-4-2/h30,32,38,40,49,52-57,60-64H,3-29,31,33-37,39,41-48H2,1-2H3,(H,65,66)/b32-30+,40-38+/t49-,52?,53-,54?,55?,56?,57?/m1/s1. The van der Waals surface area contributed by atoms with Crippen LogP contribution in [0.25, 0.3) is 0 Å². The first-order valence-electron chi connectivity index (χ1n) is 29.1. The molecule has 13 nitrogen and oxygen atoms in total. The highest BCUT2D eigenvalue weighted by Crippen LogP contribution is 2.47. The molecule has 1 rings (SSSR count). The second kappa shape index (κ2) is 46.8. The smallest absolute Gasteiger partial charge is 0.462 e. The lowest BCUT2D eigenvalue weighted by Gasteiger charge is -2.41. The van der Waals surface area contributed by atoms with Gasteiger partial charge in [0.25, 0.3) is 0 Å². The van der Waals surface area contributed by atoms with Crippen LogP contribution < -0.4 is 0 Å². The zero-order valence-corrected chi connectivity index (χ0v) is 45.9. The van der Waals surface area contributed by atoms with E-state index in [-0.39, 0.29) is 12.8 Å². The van der Waals surface area contributed by atoms with E-state index in [1.807, 2.05) is 6.08 Å². The highest BCUT2D eigenvalue weighted by molar-refractivity contribution is 7.47. The van der Waals surface area contributed by atoms with E-state index in [1.165, 1.54) is 186 Å². The van der Waals surface area contributed by atoms with Gasteiger partial charge < -0.3 is 39.9 Å². The van der Waals surface area contributed by atoms with Crippen molar-refractivity contribution in [1.29, 1.82) is 0 Å². The number of hydrogen-bond acceptors (Lipinski definition) is 12. The largest absolute Gasteiger partial charge is 0.472 e. The van der Waals surface area contributed by atoms with Crippen LogP contribution in [0.3, 0.4) is 0 Å². The van der Waals surface area contributed by atoms with Crippen LogP contribution >= 0.6 is 7.82 Å². The molecule has 8 atom stereocenters. The fourth-order valence-corrected chi connectivity index (χ4v) is 10.1. The SMILES string of the molecule is CCCCCCCCCCCCCCCC/C=C/CC/C=C/CCCC(=O)O[C@H](COC(=O)CCCCCCCCCCCCCCCCCCCCC)COP(=O)(O)OC1C(O)C(O)C(O)[C@@H](O)C1O. The van der Waals surface area contributed by atoms with Gasteiger partial charge in [0.2, 0.25) is 0 Å². The number of carbonyl (C=O) groups is 2. The third-order valence-corrected chi connectivity index (χ3v) is 14.8. The van der Waals surface area contributed by atoms with Crippen molar-refractivity contribution in [3.63, 3.8) is 0 Å². The number of esters is 2. The summed E-state index contributed by atoms with van der Waals surface area (Å²) in [7, 11) is -5.13. The Kier molecular flexibility index (Phi) is 44.4. The molecular weight excluding hydrogens is 924 g/mol. The van der Waals surface area contributed by atoms with Crippen molar-refractivity contribution in [2.45, 2.75) is 313 Å². The van der Waals surface area contributed by atoms with E-state index in [1.54, 1.807) is 0 Å². The highest BCUT2D eigenvalue weighted by Gasteiger charge is 2.51. The van der Waals surface area contributed by atoms with Gasteiger partial charge in [-0.05, 0) is 44.9 Å². The quantitative estimate of drug-likeness (QED) is 0.0145. The Bertz CT molecular complexity index is 1330. The number of aliphatic hydroxyl groups is 5. The summed E-state index contributed by atoms with van der Waals surface area (Å²) in [5.41, 5.74) is 0. The first-order chi connectivity index (χ1) is 34.4. The molecule has 1 aliphatic rings. The number of unbranched alkanes of at least 4 members (excludes halogenated alkanes) is 34. The van der Waals surface area contributed by atoms with Crippen LogP contribution in [0.15, 0.2) is 24.3 Å². The van der Waals surface area contributed by atoms with Crippen LogP contribution in [0.4, 0.5) is 0 Å². The first-order valence-corrected chi connectivity index (χ1v) is 30.6. The number of ether oxygens (including phenoxy) is 2. The maximum atomic E-state index is 12.9. The van der Waals surface area contributed by atoms with Crippen LogP contribution in [-0.4, -0.2) is 98.3 Å². The molecule has 0 radical (unpaired) electrons. The molecule has 1 saturated carbocycles. The average molecular weight is 1030 g/mol. The minimum atomic E-state index is -5.13. The molecule has 0 aliphatic heterocycles. The Morgan fingerprint density at radius 2 is 0.746 bits per heavy atom. The highest BCUT2D eigenvalue weighted by atomic mass is 31.2. The third-order valence-electron chi connectivity index (χ3n) is 13.8. The zero-order chi connectivity index (χ0) is 52.1. The molecule has 0 aromatic heterocycles. The van der Waals surface area contributed by atoms with Gasteiger partial charge in [-0.15, -0.1) is 0 Å². The van der Waals surface area contributed by atoms with Gasteiger partial charge in [0.1, 0.15) is 43.2 Å². The van der Waals surface area contributed by atoms with Crippen LogP contribution in [-0.2, 0) is 32.7 Å². The lowest BCUT2D eigenvalue weighted by atomic mass is 9.85. The van der Waals surface area contributed by atoms with Crippen molar-refractivity contribution in [2.75, 3.05) is 13.2 Å². The molecule has 0 amide bonds. The molecule has 1 fully saturated rings. The molecule has 71 heavy (non-hydrogen) atoms. The molecule has 0 spiro atoms. The number of hydrogen-bond donors (Lipinski definition) is 6. The Balaban J connectivity index is 2.35. The predicted molar refractivity (Wildman–Crippen MR) is 286 cm³/mol. The van der Waals surface area contributed by atoms with E-state index >= 15 is 0 Å². The fraction of sp³-hybridized carbons (Fsp3) is 0.895. The molecule has 1 aliphatic carbocycles. The third kappa shape index (κ3) is 38.5. The summed E-state index contributed by atoms with van der Waals surface area (Å²) in [6, 6.07) is 0. The number of phosphoric ester groups is 1. The van der Waals surface area contributed by atoms with Crippen molar-refractivity contribution in [1.82, 2.24) is 0 Å². The average Bonchev–Trinajstić information content (AvgIpc) is 3.35. The molecule has 14 heteroatoms. The van der Waals surface area contributed by atoms with Gasteiger partial charge in [0.05, 0.1) is 6.61 Å².